The molecule has 142 valence electrons. The van der Waals surface area contributed by atoms with Crippen LogP contribution in [-0.4, -0.2) is 35.6 Å². The molecule has 2 aromatic heterocycles. The molecule has 0 fully saturated rings. The van der Waals surface area contributed by atoms with Gasteiger partial charge in [0.25, 0.3) is 5.91 Å². The highest BCUT2D eigenvalue weighted by molar-refractivity contribution is 6.30. The van der Waals surface area contributed by atoms with Gasteiger partial charge in [-0.1, -0.05) is 11.6 Å². The molecule has 0 radical (unpaired) electrons. The number of aromatic nitrogens is 1. The third-order valence-corrected chi connectivity index (χ3v) is 4.81. The molecule has 3 aromatic rings. The molecular weight excluding hydrogens is 364 g/mol. The van der Waals surface area contributed by atoms with Gasteiger partial charge in [-0.25, -0.2) is 0 Å². The van der Waals surface area contributed by atoms with Crippen molar-refractivity contribution < 1.29 is 13.9 Å². The van der Waals surface area contributed by atoms with E-state index in [2.05, 4.69) is 4.57 Å². The molecule has 5 nitrogen and oxygen atoms in total. The molecule has 2 heterocycles. The maximum absolute atomic E-state index is 12.8. The van der Waals surface area contributed by atoms with E-state index in [1.807, 2.05) is 44.2 Å². The SMILES string of the molecule is Cc1cc(C(=O)N(C)CCOc2ccc(Cl)cc2)c(C)n1Cc1ccco1. The number of hydrogen-bond acceptors (Lipinski definition) is 3. The Morgan fingerprint density at radius 2 is 1.96 bits per heavy atom. The Labute approximate surface area is 164 Å². The molecule has 3 rings (SSSR count). The second kappa shape index (κ2) is 8.35. The summed E-state index contributed by atoms with van der Waals surface area (Å²) in [7, 11) is 1.78. The monoisotopic (exact) mass is 386 g/mol. The third kappa shape index (κ3) is 4.55. The van der Waals surface area contributed by atoms with Crippen LogP contribution >= 0.6 is 11.6 Å². The van der Waals surface area contributed by atoms with Crippen molar-refractivity contribution in [1.29, 1.82) is 0 Å². The van der Waals surface area contributed by atoms with E-state index in [-0.39, 0.29) is 5.91 Å². The second-order valence-corrected chi connectivity index (χ2v) is 6.92. The summed E-state index contributed by atoms with van der Waals surface area (Å²) in [5, 5.41) is 0.666. The lowest BCUT2D eigenvalue weighted by atomic mass is 10.2. The summed E-state index contributed by atoms with van der Waals surface area (Å²) in [5.41, 5.74) is 2.66. The topological polar surface area (TPSA) is 47.6 Å². The zero-order chi connectivity index (χ0) is 19.4. The van der Waals surface area contributed by atoms with Crippen molar-refractivity contribution in [2.24, 2.45) is 0 Å². The number of carbonyl (C=O) groups is 1. The Hall–Kier alpha value is -2.66. The number of benzene rings is 1. The quantitative estimate of drug-likeness (QED) is 0.598. The fourth-order valence-electron chi connectivity index (χ4n) is 2.96. The van der Waals surface area contributed by atoms with Crippen LogP contribution in [0.2, 0.25) is 5.02 Å². The van der Waals surface area contributed by atoms with Gasteiger partial charge in [0.1, 0.15) is 18.1 Å². The van der Waals surface area contributed by atoms with Crippen molar-refractivity contribution >= 4 is 17.5 Å². The summed E-state index contributed by atoms with van der Waals surface area (Å²) in [6.45, 7) is 5.47. The summed E-state index contributed by atoms with van der Waals surface area (Å²) in [4.78, 5) is 14.5. The first-order valence-corrected chi connectivity index (χ1v) is 9.16. The number of aryl methyl sites for hydroxylation is 1. The Morgan fingerprint density at radius 3 is 2.63 bits per heavy atom. The summed E-state index contributed by atoms with van der Waals surface area (Å²) in [5.74, 6) is 1.57. The average Bonchev–Trinajstić information content (AvgIpc) is 3.26. The summed E-state index contributed by atoms with van der Waals surface area (Å²) < 4.78 is 13.2. The van der Waals surface area contributed by atoms with E-state index >= 15 is 0 Å². The van der Waals surface area contributed by atoms with E-state index in [1.54, 1.807) is 30.3 Å². The summed E-state index contributed by atoms with van der Waals surface area (Å²) >= 11 is 5.86. The van der Waals surface area contributed by atoms with Crippen molar-refractivity contribution in [1.82, 2.24) is 9.47 Å². The molecule has 0 atom stereocenters. The first kappa shape index (κ1) is 19.1. The molecule has 0 unspecified atom stereocenters. The zero-order valence-electron chi connectivity index (χ0n) is 15.7. The van der Waals surface area contributed by atoms with Crippen molar-refractivity contribution in [3.8, 4) is 5.75 Å². The number of ether oxygens (including phenoxy) is 1. The Kier molecular flexibility index (Phi) is 5.91. The van der Waals surface area contributed by atoms with Gasteiger partial charge in [0.15, 0.2) is 0 Å². The lowest BCUT2D eigenvalue weighted by Gasteiger charge is -2.18. The van der Waals surface area contributed by atoms with Gasteiger partial charge in [-0.3, -0.25) is 4.79 Å². The minimum atomic E-state index is -0.0199. The standard InChI is InChI=1S/C21H23ClN2O3/c1-15-13-20(16(2)24(15)14-19-5-4-11-26-19)21(25)23(3)10-12-27-18-8-6-17(22)7-9-18/h4-9,11,13H,10,12,14H2,1-3H3. The molecule has 0 aliphatic rings. The Balaban J connectivity index is 1.61. The van der Waals surface area contributed by atoms with E-state index < -0.39 is 0 Å². The van der Waals surface area contributed by atoms with Gasteiger partial charge in [0.05, 0.1) is 24.9 Å². The molecule has 27 heavy (non-hydrogen) atoms. The maximum Gasteiger partial charge on any atom is 0.255 e. The normalized spacial score (nSPS) is 10.8. The number of halogens is 1. The van der Waals surface area contributed by atoms with Gasteiger partial charge >= 0.3 is 0 Å². The number of amides is 1. The molecule has 0 aliphatic carbocycles. The molecule has 0 aliphatic heterocycles. The fraction of sp³-hybridized carbons (Fsp3) is 0.286. The number of rotatable bonds is 7. The van der Waals surface area contributed by atoms with Crippen molar-refractivity contribution in [2.45, 2.75) is 20.4 Å². The molecule has 1 amide bonds. The number of carbonyl (C=O) groups excluding carboxylic acids is 1. The van der Waals surface area contributed by atoms with E-state index in [0.717, 1.165) is 22.9 Å². The Bertz CT molecular complexity index is 898. The number of likely N-dealkylation sites (N-methyl/N-ethyl adjacent to an activating group) is 1. The second-order valence-electron chi connectivity index (χ2n) is 6.48. The van der Waals surface area contributed by atoms with Crippen LogP contribution in [0.15, 0.2) is 53.1 Å². The highest BCUT2D eigenvalue weighted by Crippen LogP contribution is 2.19. The smallest absolute Gasteiger partial charge is 0.255 e. The highest BCUT2D eigenvalue weighted by atomic mass is 35.5. The average molecular weight is 387 g/mol. The highest BCUT2D eigenvalue weighted by Gasteiger charge is 2.19. The van der Waals surface area contributed by atoms with Crippen molar-refractivity contribution in [2.75, 3.05) is 20.2 Å². The van der Waals surface area contributed by atoms with Gasteiger partial charge in [0.2, 0.25) is 0 Å². The van der Waals surface area contributed by atoms with Crippen LogP contribution in [0, 0.1) is 13.8 Å². The van der Waals surface area contributed by atoms with Gasteiger partial charge < -0.3 is 18.6 Å². The maximum atomic E-state index is 12.8. The van der Waals surface area contributed by atoms with E-state index in [0.29, 0.717) is 30.3 Å². The van der Waals surface area contributed by atoms with Crippen LogP contribution in [0.4, 0.5) is 0 Å². The van der Waals surface area contributed by atoms with E-state index in [9.17, 15) is 4.79 Å². The summed E-state index contributed by atoms with van der Waals surface area (Å²) in [6, 6.07) is 12.9. The molecule has 1 aromatic carbocycles. The largest absolute Gasteiger partial charge is 0.492 e. The van der Waals surface area contributed by atoms with Gasteiger partial charge in [-0.05, 0) is 56.3 Å². The van der Waals surface area contributed by atoms with E-state index in [4.69, 9.17) is 20.8 Å². The van der Waals surface area contributed by atoms with Gasteiger partial charge in [-0.15, -0.1) is 0 Å². The first-order chi connectivity index (χ1) is 13.0. The van der Waals surface area contributed by atoms with Crippen LogP contribution in [0.1, 0.15) is 27.5 Å². The van der Waals surface area contributed by atoms with Crippen LogP contribution < -0.4 is 4.74 Å². The predicted octanol–water partition coefficient (Wildman–Crippen LogP) is 4.55. The lowest BCUT2D eigenvalue weighted by molar-refractivity contribution is 0.0773. The lowest BCUT2D eigenvalue weighted by Crippen LogP contribution is -2.31. The van der Waals surface area contributed by atoms with Crippen LogP contribution in [0.5, 0.6) is 5.75 Å². The van der Waals surface area contributed by atoms with Gasteiger partial charge in [-0.2, -0.15) is 0 Å². The minimum absolute atomic E-state index is 0.0199. The van der Waals surface area contributed by atoms with Crippen LogP contribution in [0.25, 0.3) is 0 Å². The van der Waals surface area contributed by atoms with E-state index in [1.165, 1.54) is 0 Å². The number of hydrogen-bond donors (Lipinski definition) is 0. The Morgan fingerprint density at radius 1 is 1.22 bits per heavy atom. The molecule has 6 heteroatoms. The van der Waals surface area contributed by atoms with Crippen LogP contribution in [-0.2, 0) is 6.54 Å². The van der Waals surface area contributed by atoms with Crippen LogP contribution in [0.3, 0.4) is 0 Å². The predicted molar refractivity (Wildman–Crippen MR) is 106 cm³/mol. The third-order valence-electron chi connectivity index (χ3n) is 4.55. The first-order valence-electron chi connectivity index (χ1n) is 8.78. The summed E-state index contributed by atoms with van der Waals surface area (Å²) in [6.07, 6.45) is 1.66. The number of furan rings is 1. The molecule has 0 saturated carbocycles. The molecule has 0 N–H and O–H groups in total. The molecule has 0 saturated heterocycles. The number of nitrogens with zero attached hydrogens (tertiary/aromatic N) is 2. The van der Waals surface area contributed by atoms with Gasteiger partial charge in [0, 0.05) is 23.5 Å². The minimum Gasteiger partial charge on any atom is -0.492 e. The molecule has 0 spiro atoms. The molecular formula is C21H23ClN2O3. The van der Waals surface area contributed by atoms with Crippen molar-refractivity contribution in [3.05, 3.63) is 76.5 Å². The molecule has 0 bridgehead atoms. The zero-order valence-corrected chi connectivity index (χ0v) is 16.5. The fourth-order valence-corrected chi connectivity index (χ4v) is 3.08. The van der Waals surface area contributed by atoms with Crippen molar-refractivity contribution in [3.63, 3.8) is 0 Å².